The van der Waals surface area contributed by atoms with Gasteiger partial charge in [-0.25, -0.2) is 9.78 Å². The first kappa shape index (κ1) is 26.5. The molecule has 9 heteroatoms. The van der Waals surface area contributed by atoms with Crippen molar-refractivity contribution < 1.29 is 14.3 Å². The van der Waals surface area contributed by atoms with Crippen molar-refractivity contribution in [3.63, 3.8) is 0 Å². The lowest BCUT2D eigenvalue weighted by atomic mass is 9.85. The van der Waals surface area contributed by atoms with E-state index in [-0.39, 0.29) is 17.1 Å². The molecule has 1 fully saturated rings. The summed E-state index contributed by atoms with van der Waals surface area (Å²) in [4.78, 5) is 44.6. The summed E-state index contributed by atoms with van der Waals surface area (Å²) in [6.07, 6.45) is 9.46. The van der Waals surface area contributed by atoms with Crippen LogP contribution >= 0.6 is 23.5 Å². The number of aromatic nitrogens is 2. The van der Waals surface area contributed by atoms with E-state index in [1.54, 1.807) is 36.0 Å². The third-order valence-electron chi connectivity index (χ3n) is 6.11. The summed E-state index contributed by atoms with van der Waals surface area (Å²) in [5.41, 5.74) is 7.69. The number of ether oxygens (including phenoxy) is 1. The number of carbonyl (C=O) groups excluding carboxylic acids is 2. The molecule has 1 aliphatic rings. The van der Waals surface area contributed by atoms with E-state index in [9.17, 15) is 14.4 Å². The van der Waals surface area contributed by atoms with Gasteiger partial charge >= 0.3 is 5.97 Å². The summed E-state index contributed by atoms with van der Waals surface area (Å²) in [5.74, 6) is 1.27. The predicted octanol–water partition coefficient (Wildman–Crippen LogP) is 4.16. The molecule has 1 atom stereocenters. The molecule has 3 N–H and O–H groups in total. The molecular weight excluding hydrogens is 470 g/mol. The molecule has 184 valence electrons. The summed E-state index contributed by atoms with van der Waals surface area (Å²) >= 11 is 2.85. The van der Waals surface area contributed by atoms with Crippen LogP contribution in [0.15, 0.2) is 34.2 Å². The Bertz CT molecular complexity index is 1030. The van der Waals surface area contributed by atoms with Crippen LogP contribution in [0.2, 0.25) is 0 Å². The van der Waals surface area contributed by atoms with Gasteiger partial charge in [-0.1, -0.05) is 43.9 Å². The SMILES string of the molecule is CSCCC(N)C(=O)Oc1ccc(C(=O)CSc2nc(CC3CCCCC3)c(C)c(=O)[nH]2)cc1. The van der Waals surface area contributed by atoms with Crippen LogP contribution in [0.25, 0.3) is 0 Å². The van der Waals surface area contributed by atoms with Crippen LogP contribution in [0.3, 0.4) is 0 Å². The van der Waals surface area contributed by atoms with Crippen LogP contribution < -0.4 is 16.0 Å². The number of rotatable bonds is 11. The maximum absolute atomic E-state index is 12.7. The number of H-pyrrole nitrogens is 1. The number of carbonyl (C=O) groups is 2. The molecule has 1 aromatic carbocycles. The zero-order valence-corrected chi connectivity index (χ0v) is 21.4. The molecule has 1 aliphatic carbocycles. The molecule has 0 spiro atoms. The highest BCUT2D eigenvalue weighted by molar-refractivity contribution is 7.99. The van der Waals surface area contributed by atoms with Gasteiger partial charge in [0.15, 0.2) is 10.9 Å². The summed E-state index contributed by atoms with van der Waals surface area (Å²) in [5, 5.41) is 0.472. The predicted molar refractivity (Wildman–Crippen MR) is 138 cm³/mol. The lowest BCUT2D eigenvalue weighted by Gasteiger charge is -2.21. The third-order valence-corrected chi connectivity index (χ3v) is 7.62. The second-order valence-corrected chi connectivity index (χ2v) is 10.6. The van der Waals surface area contributed by atoms with Crippen molar-refractivity contribution in [2.75, 3.05) is 17.8 Å². The van der Waals surface area contributed by atoms with E-state index in [4.69, 9.17) is 10.5 Å². The molecule has 2 aromatic rings. The van der Waals surface area contributed by atoms with Crippen molar-refractivity contribution in [1.82, 2.24) is 9.97 Å². The molecule has 7 nitrogen and oxygen atoms in total. The highest BCUT2D eigenvalue weighted by Crippen LogP contribution is 2.27. The standard InChI is InChI=1S/C25H33N3O4S2/c1-16-21(14-17-6-4-3-5-7-17)27-25(28-23(16)30)34-15-22(29)18-8-10-19(11-9-18)32-24(31)20(26)12-13-33-2/h8-11,17,20H,3-7,12-15,26H2,1-2H3,(H,27,28,30). The number of ketones is 1. The average Bonchev–Trinajstić information content (AvgIpc) is 2.85. The summed E-state index contributed by atoms with van der Waals surface area (Å²) < 4.78 is 5.30. The Morgan fingerprint density at radius 2 is 1.91 bits per heavy atom. The third kappa shape index (κ3) is 7.71. The molecule has 1 unspecified atom stereocenters. The van der Waals surface area contributed by atoms with Gasteiger partial charge in [0.1, 0.15) is 11.8 Å². The monoisotopic (exact) mass is 503 g/mol. The number of nitrogens with two attached hydrogens (primary N) is 1. The average molecular weight is 504 g/mol. The van der Waals surface area contributed by atoms with Crippen LogP contribution in [0, 0.1) is 12.8 Å². The molecule has 1 saturated carbocycles. The van der Waals surface area contributed by atoms with Gasteiger partial charge in [-0.15, -0.1) is 0 Å². The Morgan fingerprint density at radius 1 is 1.21 bits per heavy atom. The van der Waals surface area contributed by atoms with E-state index in [0.717, 1.165) is 17.9 Å². The lowest BCUT2D eigenvalue weighted by Crippen LogP contribution is -2.34. The van der Waals surface area contributed by atoms with E-state index in [1.165, 1.54) is 43.9 Å². The maximum atomic E-state index is 12.7. The smallest absolute Gasteiger partial charge is 0.328 e. The zero-order valence-electron chi connectivity index (χ0n) is 19.8. The fourth-order valence-corrected chi connectivity index (χ4v) is 5.23. The minimum absolute atomic E-state index is 0.100. The molecule has 0 radical (unpaired) electrons. The van der Waals surface area contributed by atoms with Gasteiger partial charge in [0.25, 0.3) is 5.56 Å². The minimum atomic E-state index is -0.669. The molecule has 0 amide bonds. The second-order valence-electron chi connectivity index (χ2n) is 8.70. The molecule has 0 aliphatic heterocycles. The molecule has 3 rings (SSSR count). The maximum Gasteiger partial charge on any atom is 0.328 e. The quantitative estimate of drug-likeness (QED) is 0.154. The van der Waals surface area contributed by atoms with E-state index < -0.39 is 12.0 Å². The first-order valence-corrected chi connectivity index (χ1v) is 14.1. The largest absolute Gasteiger partial charge is 0.425 e. The van der Waals surface area contributed by atoms with Crippen molar-refractivity contribution in [3.05, 3.63) is 51.4 Å². The van der Waals surface area contributed by atoms with Gasteiger partial charge in [0.2, 0.25) is 0 Å². The van der Waals surface area contributed by atoms with Gasteiger partial charge < -0.3 is 15.5 Å². The first-order valence-electron chi connectivity index (χ1n) is 11.7. The number of hydrogen-bond donors (Lipinski definition) is 2. The number of esters is 1. The Hall–Kier alpha value is -2.10. The molecule has 34 heavy (non-hydrogen) atoms. The second kappa shape index (κ2) is 13.1. The molecule has 0 bridgehead atoms. The van der Waals surface area contributed by atoms with Gasteiger partial charge in [0, 0.05) is 11.1 Å². The number of hydrogen-bond acceptors (Lipinski definition) is 8. The Balaban J connectivity index is 1.56. The summed E-state index contributed by atoms with van der Waals surface area (Å²) in [7, 11) is 0. The van der Waals surface area contributed by atoms with Gasteiger partial charge in [-0.05, 0) is 62.0 Å². The Kier molecular flexibility index (Phi) is 10.2. The van der Waals surface area contributed by atoms with E-state index in [0.29, 0.717) is 34.4 Å². The van der Waals surface area contributed by atoms with Crippen LogP contribution in [0.1, 0.15) is 60.1 Å². The first-order chi connectivity index (χ1) is 16.4. The zero-order chi connectivity index (χ0) is 24.5. The van der Waals surface area contributed by atoms with Crippen molar-refractivity contribution in [2.45, 2.75) is 63.1 Å². The van der Waals surface area contributed by atoms with Gasteiger partial charge in [-0.3, -0.25) is 9.59 Å². The topological polar surface area (TPSA) is 115 Å². The fraction of sp³-hybridized carbons (Fsp3) is 0.520. The number of Topliss-reactive ketones (excluding diaryl/α,β-unsaturated/α-hetero) is 1. The number of nitrogens with one attached hydrogen (secondary N) is 1. The van der Waals surface area contributed by atoms with Crippen molar-refractivity contribution in [2.24, 2.45) is 11.7 Å². The number of nitrogens with zero attached hydrogens (tertiary/aromatic N) is 1. The molecular formula is C25H33N3O4S2. The van der Waals surface area contributed by atoms with Crippen LogP contribution in [-0.2, 0) is 11.2 Å². The van der Waals surface area contributed by atoms with E-state index in [1.807, 2.05) is 13.2 Å². The normalized spacial score (nSPS) is 15.1. The molecule has 0 saturated heterocycles. The Morgan fingerprint density at radius 3 is 2.59 bits per heavy atom. The van der Waals surface area contributed by atoms with E-state index >= 15 is 0 Å². The van der Waals surface area contributed by atoms with Crippen molar-refractivity contribution in [1.29, 1.82) is 0 Å². The highest BCUT2D eigenvalue weighted by Gasteiger charge is 2.19. The van der Waals surface area contributed by atoms with Crippen LogP contribution in [-0.4, -0.2) is 45.5 Å². The molecule has 1 aromatic heterocycles. The minimum Gasteiger partial charge on any atom is -0.425 e. The van der Waals surface area contributed by atoms with Gasteiger partial charge in [0.05, 0.1) is 11.4 Å². The Labute approximate surface area is 209 Å². The van der Waals surface area contributed by atoms with E-state index in [2.05, 4.69) is 9.97 Å². The lowest BCUT2D eigenvalue weighted by molar-refractivity contribution is -0.135. The van der Waals surface area contributed by atoms with Crippen molar-refractivity contribution >= 4 is 35.3 Å². The number of benzene rings is 1. The summed E-state index contributed by atoms with van der Waals surface area (Å²) in [6, 6.07) is 5.76. The van der Waals surface area contributed by atoms with Crippen LogP contribution in [0.4, 0.5) is 0 Å². The highest BCUT2D eigenvalue weighted by atomic mass is 32.2. The molecule has 1 heterocycles. The van der Waals surface area contributed by atoms with Gasteiger partial charge in [-0.2, -0.15) is 11.8 Å². The van der Waals surface area contributed by atoms with Crippen molar-refractivity contribution in [3.8, 4) is 5.75 Å². The fourth-order valence-electron chi connectivity index (χ4n) is 3.97. The number of aromatic amines is 1. The summed E-state index contributed by atoms with van der Waals surface area (Å²) in [6.45, 7) is 1.81. The van der Waals surface area contributed by atoms with Crippen LogP contribution in [0.5, 0.6) is 5.75 Å². The number of thioether (sulfide) groups is 2.